The molecule has 0 saturated heterocycles. The Balaban J connectivity index is 1.41. The first-order valence-corrected chi connectivity index (χ1v) is 17.2. The summed E-state index contributed by atoms with van der Waals surface area (Å²) in [7, 11) is 0. The first kappa shape index (κ1) is 13.6. The molecule has 1 heteroatoms. The van der Waals surface area contributed by atoms with Gasteiger partial charge in [0, 0.05) is 10.8 Å². The second-order valence-electron chi connectivity index (χ2n) is 13.1. The SMILES string of the molecule is [2H]c1c([2H])c([2H])c(-c2c(-c3c([2H])c([2H])c4c([2H])c([2H])c5c([2H])c([2H])c([2H])c6c([2H])c([2H])c3c4c56)cc(-c3c([2H])c4c([2H])c([2H])c([2H])c5c([2H])c([2H])c6c([2H])c([2H])c([2H])c3c6c54)c([2H])c2-c2c([2H])c([2H])c3oc4c([2H])c([2H])c([2H])c([2H])c4c3c2[2H])c([2H])c1[2H]. The number of hydrogen-bond donors (Lipinski definition) is 0. The van der Waals surface area contributed by atoms with E-state index < -0.39 is 313 Å². The molecule has 13 aromatic rings. The molecule has 0 spiro atoms. The maximum Gasteiger partial charge on any atom is 0.135 e. The average Bonchev–Trinajstić information content (AvgIpc) is 0.802. The summed E-state index contributed by atoms with van der Waals surface area (Å²) in [4.78, 5) is 0. The van der Waals surface area contributed by atoms with Crippen LogP contribution in [-0.4, -0.2) is 0 Å². The molecule has 0 bridgehead atoms. The quantitative estimate of drug-likeness (QED) is 0.163. The minimum Gasteiger partial charge on any atom is -0.456 e. The van der Waals surface area contributed by atoms with Gasteiger partial charge in [-0.3, -0.25) is 0 Å². The highest BCUT2D eigenvalue weighted by Crippen LogP contribution is 2.49. The van der Waals surface area contributed by atoms with Gasteiger partial charge in [0.1, 0.15) is 11.2 Å². The highest BCUT2D eigenvalue weighted by atomic mass is 16.3. The third-order valence-electron chi connectivity index (χ3n) is 10.1. The van der Waals surface area contributed by atoms with Gasteiger partial charge < -0.3 is 4.42 Å². The van der Waals surface area contributed by atoms with Crippen LogP contribution >= 0.6 is 0 Å². The van der Waals surface area contributed by atoms with Crippen LogP contribution in [0.3, 0.4) is 0 Å². The van der Waals surface area contributed by atoms with Gasteiger partial charge in [-0.15, -0.1) is 0 Å². The van der Waals surface area contributed by atoms with Crippen LogP contribution < -0.4 is 0 Å². The van der Waals surface area contributed by atoms with E-state index in [0.29, 0.717) is 0 Å². The van der Waals surface area contributed by atoms with Gasteiger partial charge >= 0.3 is 0 Å². The lowest BCUT2D eigenvalue weighted by Gasteiger charge is -2.22. The average molecular weight is 752 g/mol. The van der Waals surface area contributed by atoms with Crippen molar-refractivity contribution in [2.45, 2.75) is 0 Å². The first-order chi connectivity index (χ1) is 41.2. The summed E-state index contributed by atoms with van der Waals surface area (Å²) in [6.07, 6.45) is 0. The van der Waals surface area contributed by atoms with E-state index in [9.17, 15) is 20.6 Å². The Bertz CT molecular complexity index is 5520. The van der Waals surface area contributed by atoms with Gasteiger partial charge in [0.05, 0.1) is 42.5 Å². The molecule has 0 radical (unpaired) electrons. The Morgan fingerprint density at radius 2 is 0.877 bits per heavy atom. The predicted octanol–water partition coefficient (Wildman–Crippen LogP) is 16.0. The lowest BCUT2D eigenvalue weighted by Crippen LogP contribution is -1.95. The minimum atomic E-state index is -1.11. The Labute approximate surface area is 371 Å². The van der Waals surface area contributed by atoms with Crippen LogP contribution in [0, 0.1) is 0 Å². The molecular weight excluding hydrogens is 689 g/mol. The number of para-hydroxylation sites is 1. The van der Waals surface area contributed by atoms with Crippen molar-refractivity contribution in [3.05, 3.63) is 193 Å². The zero-order valence-corrected chi connectivity index (χ0v) is 28.5. The van der Waals surface area contributed by atoms with E-state index in [0.717, 1.165) is 6.07 Å². The fourth-order valence-corrected chi connectivity index (χ4v) is 7.73. The third kappa shape index (κ3) is 4.40. The second-order valence-corrected chi connectivity index (χ2v) is 13.1. The van der Waals surface area contributed by atoms with Crippen molar-refractivity contribution >= 4 is 86.6 Å². The number of furan rings is 1. The van der Waals surface area contributed by atoms with Crippen LogP contribution in [0.15, 0.2) is 198 Å². The monoisotopic (exact) mass is 751 g/mol. The topological polar surface area (TPSA) is 13.1 Å². The van der Waals surface area contributed by atoms with Crippen molar-refractivity contribution in [2.75, 3.05) is 0 Å². The molecule has 0 N–H and O–H groups in total. The van der Waals surface area contributed by atoms with Gasteiger partial charge in [-0.05, 0) is 145 Å². The summed E-state index contributed by atoms with van der Waals surface area (Å²) in [5.74, 6) is 0. The maximum atomic E-state index is 10.7. The summed E-state index contributed by atoms with van der Waals surface area (Å²) < 4.78 is 295. The predicted molar refractivity (Wildman–Crippen MR) is 243 cm³/mol. The van der Waals surface area contributed by atoms with Crippen molar-refractivity contribution in [3.8, 4) is 44.5 Å². The number of rotatable bonds is 4. The van der Waals surface area contributed by atoms with E-state index in [1.807, 2.05) is 0 Å². The number of hydrogen-bond acceptors (Lipinski definition) is 1. The molecule has 1 heterocycles. The van der Waals surface area contributed by atoms with Gasteiger partial charge in [-0.1, -0.05) is 157 Å². The van der Waals surface area contributed by atoms with Gasteiger partial charge in [0.25, 0.3) is 0 Å². The lowest BCUT2D eigenvalue weighted by atomic mass is 9.81. The smallest absolute Gasteiger partial charge is 0.135 e. The van der Waals surface area contributed by atoms with Crippen molar-refractivity contribution in [2.24, 2.45) is 0 Å². The molecule has 0 atom stereocenters. The molecule has 57 heavy (non-hydrogen) atoms. The molecule has 1 nitrogen and oxygen atoms in total. The highest BCUT2D eigenvalue weighted by molar-refractivity contribution is 6.28. The maximum absolute atomic E-state index is 10.7. The molecule has 0 saturated carbocycles. The Morgan fingerprint density at radius 1 is 0.298 bits per heavy atom. The van der Waals surface area contributed by atoms with Gasteiger partial charge in [-0.2, -0.15) is 0 Å². The molecule has 0 aliphatic carbocycles. The fourth-order valence-electron chi connectivity index (χ4n) is 7.73. The van der Waals surface area contributed by atoms with Gasteiger partial charge in [0.2, 0.25) is 0 Å². The Kier molecular flexibility index (Phi) is 2.75. The van der Waals surface area contributed by atoms with Crippen LogP contribution in [0.2, 0.25) is 0 Å². The van der Waals surface area contributed by atoms with Crippen LogP contribution in [0.4, 0.5) is 0 Å². The lowest BCUT2D eigenvalue weighted by molar-refractivity contribution is 0.669. The zero-order valence-electron chi connectivity index (χ0n) is 59.5. The molecule has 0 amide bonds. The van der Waals surface area contributed by atoms with E-state index >= 15 is 0 Å². The van der Waals surface area contributed by atoms with Crippen molar-refractivity contribution in [3.63, 3.8) is 0 Å². The fraction of sp³-hybridized carbons (Fsp3) is 0. The highest BCUT2D eigenvalue weighted by Gasteiger charge is 2.22. The Morgan fingerprint density at radius 3 is 1.67 bits per heavy atom. The number of fused-ring (bicyclic) bond motifs is 3. The van der Waals surface area contributed by atoms with Crippen molar-refractivity contribution < 1.29 is 46.9 Å². The van der Waals surface area contributed by atoms with Crippen LogP contribution in [0.1, 0.15) is 42.5 Å². The van der Waals surface area contributed by atoms with E-state index in [2.05, 4.69) is 0 Å². The van der Waals surface area contributed by atoms with Crippen molar-refractivity contribution in [1.82, 2.24) is 0 Å². The molecule has 0 fully saturated rings. The van der Waals surface area contributed by atoms with E-state index in [-0.39, 0.29) is 5.39 Å². The third-order valence-corrected chi connectivity index (χ3v) is 10.1. The summed E-state index contributed by atoms with van der Waals surface area (Å²) in [6, 6.07) is -27.6. The summed E-state index contributed by atoms with van der Waals surface area (Å²) in [5, 5.41) is -7.25. The normalized spacial score (nSPS) is 19.8. The van der Waals surface area contributed by atoms with E-state index in [1.165, 1.54) is 0 Å². The van der Waals surface area contributed by atoms with Crippen LogP contribution in [-0.2, 0) is 0 Å². The van der Waals surface area contributed by atoms with Crippen molar-refractivity contribution in [1.29, 1.82) is 0 Å². The second kappa shape index (κ2) is 11.5. The molecular formula is C56H32O. The molecule has 0 aliphatic heterocycles. The van der Waals surface area contributed by atoms with E-state index in [4.69, 9.17) is 26.3 Å². The van der Waals surface area contributed by atoms with Gasteiger partial charge in [0.15, 0.2) is 0 Å². The number of benzene rings is 12. The summed E-state index contributed by atoms with van der Waals surface area (Å²) in [6.45, 7) is 0. The molecule has 13 rings (SSSR count). The van der Waals surface area contributed by atoms with Crippen LogP contribution in [0.5, 0.6) is 0 Å². The van der Waals surface area contributed by atoms with E-state index in [1.54, 1.807) is 0 Å². The first-order valence-electron chi connectivity index (χ1n) is 32.7. The zero-order chi connectivity index (χ0) is 64.2. The van der Waals surface area contributed by atoms with Crippen LogP contribution in [0.25, 0.3) is 131 Å². The minimum absolute atomic E-state index is 0.364. The molecule has 262 valence electrons. The largest absolute Gasteiger partial charge is 0.456 e. The molecule has 0 aliphatic rings. The summed E-state index contributed by atoms with van der Waals surface area (Å²) in [5.41, 5.74) is -8.06. The standard InChI is InChI=1S/C56H32O/c1-2-9-33(10-3-1)54-47(39-25-28-51-48(29-39)43-16-4-5-18-50(43)57-51)31-41(46-30-40-15-7-13-35-19-21-37-14-8-17-44(46)55(37)53(35)40)32-49(54)42-26-23-38-22-20-34-11-6-12-36-24-27-45(42)56(38)52(34)36/h1-32H/i1D,2D,3D,4D,5D,6D,7D,8D,9D,10D,11D,12D,13D,14D,15D,16D,17D,18D,19D,20D,21D,22D,23D,24D,25D,26D,27D,28D,29D,30D,31D. The molecule has 12 aromatic carbocycles. The molecule has 0 unspecified atom stereocenters. The Hall–Kier alpha value is -7.48. The summed E-state index contributed by atoms with van der Waals surface area (Å²) >= 11 is 0. The van der Waals surface area contributed by atoms with Gasteiger partial charge in [-0.25, -0.2) is 0 Å². The molecule has 1 aromatic heterocycles.